The Bertz CT molecular complexity index is 719. The molecule has 1 aliphatic carbocycles. The lowest BCUT2D eigenvalue weighted by atomic mass is 10.1. The summed E-state index contributed by atoms with van der Waals surface area (Å²) in [6, 6.07) is 1.86. The first-order valence-corrected chi connectivity index (χ1v) is 5.81. The van der Waals surface area contributed by atoms with E-state index >= 15 is 0 Å². The second-order valence-corrected chi connectivity index (χ2v) is 4.60. The summed E-state index contributed by atoms with van der Waals surface area (Å²) in [5.74, 6) is -3.00. The molecule has 0 unspecified atom stereocenters. The van der Waals surface area contributed by atoms with Gasteiger partial charge in [-0.1, -0.05) is 0 Å². The maximum Gasteiger partial charge on any atom is 0.268 e. The zero-order valence-corrected chi connectivity index (χ0v) is 9.67. The molecule has 0 amide bonds. The van der Waals surface area contributed by atoms with Gasteiger partial charge in [0.05, 0.1) is 11.1 Å². The number of hydrogen-bond donors (Lipinski definition) is 0. The van der Waals surface area contributed by atoms with E-state index in [1.807, 2.05) is 0 Å². The Balaban J connectivity index is 2.50. The first kappa shape index (κ1) is 12.2. The van der Waals surface area contributed by atoms with Crippen molar-refractivity contribution in [2.24, 2.45) is 0 Å². The van der Waals surface area contributed by atoms with E-state index in [1.165, 1.54) is 16.8 Å². The average molecular weight is 271 g/mol. The number of rotatable bonds is 2. The molecule has 0 atom stereocenters. The summed E-state index contributed by atoms with van der Waals surface area (Å²) < 4.78 is 54.4. The third kappa shape index (κ3) is 1.82. The second kappa shape index (κ2) is 4.08. The van der Waals surface area contributed by atoms with E-state index in [9.17, 15) is 22.4 Å². The lowest BCUT2D eigenvalue weighted by Crippen LogP contribution is -2.12. The van der Waals surface area contributed by atoms with E-state index in [1.54, 1.807) is 0 Å². The molecule has 2 aromatic rings. The number of fused-ring (bicyclic) bond motifs is 1. The van der Waals surface area contributed by atoms with Crippen molar-refractivity contribution in [2.45, 2.75) is 25.3 Å². The fourth-order valence-corrected chi connectivity index (χ4v) is 2.27. The molecule has 0 saturated heterocycles. The molecule has 3 rings (SSSR count). The number of nitrogens with zero attached hydrogens (tertiary/aromatic N) is 1. The Morgan fingerprint density at radius 1 is 1.26 bits per heavy atom. The topological polar surface area (TPSA) is 22.0 Å². The van der Waals surface area contributed by atoms with Crippen LogP contribution >= 0.6 is 0 Å². The average Bonchev–Trinajstić information content (AvgIpc) is 3.16. The van der Waals surface area contributed by atoms with Gasteiger partial charge in [-0.05, 0) is 18.9 Å². The number of alkyl halides is 2. The molecule has 0 aliphatic heterocycles. The summed E-state index contributed by atoms with van der Waals surface area (Å²) in [4.78, 5) is 11.7. The first-order chi connectivity index (χ1) is 9.00. The molecular weight excluding hydrogens is 262 g/mol. The van der Waals surface area contributed by atoms with Crippen LogP contribution < -0.4 is 5.43 Å². The third-order valence-electron chi connectivity index (χ3n) is 3.30. The molecule has 1 aromatic heterocycles. The summed E-state index contributed by atoms with van der Waals surface area (Å²) in [5, 5.41) is -0.205. The van der Waals surface area contributed by atoms with Crippen molar-refractivity contribution < 1.29 is 17.6 Å². The molecule has 2 nitrogen and oxygen atoms in total. The van der Waals surface area contributed by atoms with Crippen LogP contribution in [-0.2, 0) is 0 Å². The molecule has 0 N–H and O–H groups in total. The molecule has 1 heterocycles. The van der Waals surface area contributed by atoms with Crippen molar-refractivity contribution >= 4 is 10.9 Å². The summed E-state index contributed by atoms with van der Waals surface area (Å²) in [6.07, 6.45) is -0.254. The standard InChI is InChI=1S/C13H9F4NO/c14-8-5-7-9(19)3-4-18(6-1-2-6)12(7)10(11(8)15)13(16)17/h3-6,13H,1-2H2. The van der Waals surface area contributed by atoms with Crippen LogP contribution in [0, 0.1) is 11.6 Å². The number of benzene rings is 1. The van der Waals surface area contributed by atoms with Gasteiger partial charge in [-0.25, -0.2) is 17.6 Å². The van der Waals surface area contributed by atoms with Gasteiger partial charge in [-0.15, -0.1) is 0 Å². The summed E-state index contributed by atoms with van der Waals surface area (Å²) in [7, 11) is 0. The lowest BCUT2D eigenvalue weighted by Gasteiger charge is -2.14. The SMILES string of the molecule is O=c1ccn(C2CC2)c2c(C(F)F)c(F)c(F)cc12. The quantitative estimate of drug-likeness (QED) is 0.765. The summed E-state index contributed by atoms with van der Waals surface area (Å²) in [5.41, 5.74) is -1.81. The zero-order chi connectivity index (χ0) is 13.7. The number of pyridine rings is 1. The zero-order valence-electron chi connectivity index (χ0n) is 9.67. The van der Waals surface area contributed by atoms with Crippen LogP contribution in [0.2, 0.25) is 0 Å². The van der Waals surface area contributed by atoms with E-state index in [0.717, 1.165) is 12.8 Å². The van der Waals surface area contributed by atoms with Crippen LogP contribution in [0.5, 0.6) is 0 Å². The van der Waals surface area contributed by atoms with Gasteiger partial charge in [0.15, 0.2) is 17.1 Å². The molecule has 0 radical (unpaired) electrons. The molecular formula is C13H9F4NO. The van der Waals surface area contributed by atoms with Gasteiger partial charge < -0.3 is 4.57 Å². The normalized spacial score (nSPS) is 15.4. The predicted octanol–water partition coefficient (Wildman–Crippen LogP) is 3.55. The highest BCUT2D eigenvalue weighted by Gasteiger charge is 2.29. The van der Waals surface area contributed by atoms with E-state index in [-0.39, 0.29) is 16.9 Å². The monoisotopic (exact) mass is 271 g/mol. The minimum atomic E-state index is -3.18. The van der Waals surface area contributed by atoms with Crippen LogP contribution in [-0.4, -0.2) is 4.57 Å². The number of halogens is 4. The molecule has 6 heteroatoms. The van der Waals surface area contributed by atoms with Crippen molar-refractivity contribution in [1.82, 2.24) is 4.57 Å². The fraction of sp³-hybridized carbons (Fsp3) is 0.308. The van der Waals surface area contributed by atoms with Crippen LogP contribution in [0.4, 0.5) is 17.6 Å². The Hall–Kier alpha value is -1.85. The van der Waals surface area contributed by atoms with Crippen molar-refractivity contribution in [3.8, 4) is 0 Å². The van der Waals surface area contributed by atoms with E-state index in [2.05, 4.69) is 0 Å². The van der Waals surface area contributed by atoms with Gasteiger partial charge in [-0.2, -0.15) is 0 Å². The Morgan fingerprint density at radius 3 is 2.53 bits per heavy atom. The minimum absolute atomic E-state index is 0.0227. The highest BCUT2D eigenvalue weighted by molar-refractivity contribution is 5.83. The molecule has 0 spiro atoms. The first-order valence-electron chi connectivity index (χ1n) is 5.81. The Kier molecular flexibility index (Phi) is 2.62. The highest BCUT2D eigenvalue weighted by atomic mass is 19.3. The van der Waals surface area contributed by atoms with Gasteiger partial charge >= 0.3 is 0 Å². The molecule has 19 heavy (non-hydrogen) atoms. The van der Waals surface area contributed by atoms with Crippen molar-refractivity contribution in [3.05, 3.63) is 45.8 Å². The van der Waals surface area contributed by atoms with Crippen LogP contribution in [0.1, 0.15) is 30.9 Å². The fourth-order valence-electron chi connectivity index (χ4n) is 2.27. The molecule has 100 valence electrons. The van der Waals surface area contributed by atoms with Gasteiger partial charge in [0.2, 0.25) is 0 Å². The largest absolute Gasteiger partial charge is 0.344 e. The smallest absolute Gasteiger partial charge is 0.268 e. The maximum absolute atomic E-state index is 13.6. The number of hydrogen-bond acceptors (Lipinski definition) is 1. The third-order valence-corrected chi connectivity index (χ3v) is 3.30. The predicted molar refractivity (Wildman–Crippen MR) is 61.4 cm³/mol. The second-order valence-electron chi connectivity index (χ2n) is 4.60. The van der Waals surface area contributed by atoms with Gasteiger partial charge in [0, 0.05) is 23.7 Å². The molecule has 1 saturated carbocycles. The Labute approximate surface area is 105 Å². The van der Waals surface area contributed by atoms with Crippen molar-refractivity contribution in [3.63, 3.8) is 0 Å². The molecule has 1 aliphatic rings. The van der Waals surface area contributed by atoms with Crippen molar-refractivity contribution in [1.29, 1.82) is 0 Å². The summed E-state index contributed by atoms with van der Waals surface area (Å²) >= 11 is 0. The minimum Gasteiger partial charge on any atom is -0.344 e. The highest BCUT2D eigenvalue weighted by Crippen LogP contribution is 2.39. The van der Waals surface area contributed by atoms with Crippen LogP contribution in [0.25, 0.3) is 10.9 Å². The van der Waals surface area contributed by atoms with Crippen LogP contribution in [0.15, 0.2) is 23.1 Å². The van der Waals surface area contributed by atoms with Gasteiger partial charge in [0.1, 0.15) is 0 Å². The van der Waals surface area contributed by atoms with Crippen molar-refractivity contribution in [2.75, 3.05) is 0 Å². The maximum atomic E-state index is 13.6. The van der Waals surface area contributed by atoms with Crippen LogP contribution in [0.3, 0.4) is 0 Å². The number of aromatic nitrogens is 1. The van der Waals surface area contributed by atoms with Gasteiger partial charge in [-0.3, -0.25) is 4.79 Å². The van der Waals surface area contributed by atoms with E-state index in [4.69, 9.17) is 0 Å². The Morgan fingerprint density at radius 2 is 1.95 bits per heavy atom. The molecule has 1 fully saturated rings. The lowest BCUT2D eigenvalue weighted by molar-refractivity contribution is 0.146. The van der Waals surface area contributed by atoms with E-state index in [0.29, 0.717) is 6.07 Å². The van der Waals surface area contributed by atoms with Gasteiger partial charge in [0.25, 0.3) is 6.43 Å². The van der Waals surface area contributed by atoms with E-state index < -0.39 is 29.1 Å². The molecule has 1 aromatic carbocycles. The molecule has 0 bridgehead atoms. The summed E-state index contributed by atoms with van der Waals surface area (Å²) in [6.45, 7) is 0.